The van der Waals surface area contributed by atoms with E-state index in [2.05, 4.69) is 15.8 Å². The monoisotopic (exact) mass is 355 g/mol. The average molecular weight is 355 g/mol. The first-order valence-corrected chi connectivity index (χ1v) is 9.36. The minimum absolute atomic E-state index is 0.0959. The van der Waals surface area contributed by atoms with E-state index in [0.717, 1.165) is 59.8 Å². The summed E-state index contributed by atoms with van der Waals surface area (Å²) in [5, 5.41) is 10.5. The van der Waals surface area contributed by atoms with Crippen LogP contribution in [-0.2, 0) is 4.79 Å². The zero-order valence-corrected chi connectivity index (χ0v) is 15.3. The zero-order valence-electron chi connectivity index (χ0n) is 15.3. The van der Waals surface area contributed by atoms with E-state index in [1.807, 2.05) is 32.0 Å². The Morgan fingerprint density at radius 1 is 1.35 bits per heavy atom. The van der Waals surface area contributed by atoms with Crippen molar-refractivity contribution in [3.63, 3.8) is 0 Å². The smallest absolute Gasteiger partial charge is 0.227 e. The molecule has 138 valence electrons. The lowest BCUT2D eigenvalue weighted by atomic mass is 10.0. The number of anilines is 1. The van der Waals surface area contributed by atoms with Gasteiger partial charge in [0.05, 0.1) is 11.3 Å². The predicted octanol–water partition coefficient (Wildman–Crippen LogP) is 3.44. The fraction of sp³-hybridized carbons (Fsp3) is 0.500. The van der Waals surface area contributed by atoms with Gasteiger partial charge in [-0.3, -0.25) is 4.79 Å². The molecule has 1 aromatic carbocycles. The molecule has 2 heterocycles. The number of aromatic nitrogens is 1. The number of carbonyl (C=O) groups is 1. The van der Waals surface area contributed by atoms with E-state index in [1.54, 1.807) is 0 Å². The van der Waals surface area contributed by atoms with Crippen LogP contribution in [0.5, 0.6) is 5.75 Å². The van der Waals surface area contributed by atoms with E-state index in [9.17, 15) is 4.79 Å². The Kier molecular flexibility index (Phi) is 4.68. The van der Waals surface area contributed by atoms with Crippen molar-refractivity contribution < 1.29 is 14.1 Å². The Balaban J connectivity index is 1.62. The molecule has 1 saturated carbocycles. The highest BCUT2D eigenvalue weighted by Gasteiger charge is 2.30. The lowest BCUT2D eigenvalue weighted by molar-refractivity contribution is -0.117. The number of carbonyl (C=O) groups excluding carboxylic acids is 1. The molecule has 1 amide bonds. The summed E-state index contributed by atoms with van der Waals surface area (Å²) >= 11 is 0. The molecule has 0 bridgehead atoms. The first-order valence-electron chi connectivity index (χ1n) is 9.36. The largest absolute Gasteiger partial charge is 0.491 e. The molecule has 0 radical (unpaired) electrons. The van der Waals surface area contributed by atoms with Crippen LogP contribution < -0.4 is 15.4 Å². The van der Waals surface area contributed by atoms with Crippen molar-refractivity contribution in [1.82, 2.24) is 10.5 Å². The Morgan fingerprint density at radius 3 is 2.85 bits per heavy atom. The normalized spacial score (nSPS) is 19.5. The van der Waals surface area contributed by atoms with E-state index in [4.69, 9.17) is 9.26 Å². The number of ether oxygens (including phenoxy) is 1. The van der Waals surface area contributed by atoms with Gasteiger partial charge in [-0.25, -0.2) is 0 Å². The van der Waals surface area contributed by atoms with Crippen LogP contribution in [0.1, 0.15) is 37.1 Å². The Bertz CT molecular complexity index is 785. The lowest BCUT2D eigenvalue weighted by Gasteiger charge is -2.16. The number of amides is 1. The molecule has 1 aliphatic heterocycles. The number of nitrogens with zero attached hydrogens (tertiary/aromatic N) is 1. The van der Waals surface area contributed by atoms with Crippen LogP contribution in [0.25, 0.3) is 11.1 Å². The summed E-state index contributed by atoms with van der Waals surface area (Å²) in [6.45, 7) is 5.50. The third-order valence-corrected chi connectivity index (χ3v) is 5.10. The van der Waals surface area contributed by atoms with Crippen molar-refractivity contribution in [3.05, 3.63) is 29.7 Å². The summed E-state index contributed by atoms with van der Waals surface area (Å²) in [6, 6.07) is 6.18. The maximum Gasteiger partial charge on any atom is 0.227 e. The van der Waals surface area contributed by atoms with Crippen molar-refractivity contribution in [2.45, 2.75) is 45.6 Å². The summed E-state index contributed by atoms with van der Waals surface area (Å²) in [4.78, 5) is 12.1. The van der Waals surface area contributed by atoms with Gasteiger partial charge in [0.15, 0.2) is 0 Å². The fourth-order valence-corrected chi connectivity index (χ4v) is 3.48. The highest BCUT2D eigenvalue weighted by Crippen LogP contribution is 2.37. The van der Waals surface area contributed by atoms with Crippen LogP contribution in [0.2, 0.25) is 0 Å². The molecule has 2 fully saturated rings. The van der Waals surface area contributed by atoms with Crippen LogP contribution in [0.15, 0.2) is 22.7 Å². The number of benzene rings is 1. The molecule has 6 nitrogen and oxygen atoms in total. The maximum absolute atomic E-state index is 12.1. The quantitative estimate of drug-likeness (QED) is 0.830. The van der Waals surface area contributed by atoms with Gasteiger partial charge in [0, 0.05) is 23.2 Å². The van der Waals surface area contributed by atoms with Crippen LogP contribution in [0.4, 0.5) is 5.69 Å². The van der Waals surface area contributed by atoms with Gasteiger partial charge in [0.2, 0.25) is 5.91 Å². The van der Waals surface area contributed by atoms with Gasteiger partial charge < -0.3 is 19.9 Å². The lowest BCUT2D eigenvalue weighted by Crippen LogP contribution is -2.28. The Hall–Kier alpha value is -2.34. The molecule has 1 atom stereocenters. The van der Waals surface area contributed by atoms with E-state index in [-0.39, 0.29) is 11.8 Å². The molecule has 2 aromatic rings. The summed E-state index contributed by atoms with van der Waals surface area (Å²) in [5.41, 5.74) is 3.44. The summed E-state index contributed by atoms with van der Waals surface area (Å²) in [5.74, 6) is 1.80. The molecule has 0 spiro atoms. The van der Waals surface area contributed by atoms with Crippen molar-refractivity contribution >= 4 is 11.6 Å². The van der Waals surface area contributed by atoms with Gasteiger partial charge in [-0.05, 0) is 64.3 Å². The molecule has 0 unspecified atom stereocenters. The van der Waals surface area contributed by atoms with E-state index < -0.39 is 0 Å². The van der Waals surface area contributed by atoms with Crippen molar-refractivity contribution in [3.8, 4) is 16.9 Å². The van der Waals surface area contributed by atoms with Gasteiger partial charge in [0.25, 0.3) is 0 Å². The van der Waals surface area contributed by atoms with Gasteiger partial charge in [-0.15, -0.1) is 0 Å². The molecule has 1 saturated heterocycles. The Morgan fingerprint density at radius 2 is 2.19 bits per heavy atom. The fourth-order valence-electron chi connectivity index (χ4n) is 3.48. The summed E-state index contributed by atoms with van der Waals surface area (Å²) in [7, 11) is 0. The zero-order chi connectivity index (χ0) is 18.1. The van der Waals surface area contributed by atoms with Crippen molar-refractivity contribution in [2.24, 2.45) is 5.92 Å². The first kappa shape index (κ1) is 17.1. The molecular weight excluding hydrogens is 330 g/mol. The van der Waals surface area contributed by atoms with Crippen LogP contribution in [-0.4, -0.2) is 30.3 Å². The standard InChI is InChI=1S/C20H25N3O3/c1-12-19(13(2)26-23-12)17-10-15(22-20(24)14-5-6-14)7-8-18(17)25-11-16-4-3-9-21-16/h7-8,10,14,16,21H,3-6,9,11H2,1-2H3,(H,22,24)/t16-/m1/s1. The molecule has 1 aliphatic carbocycles. The molecule has 2 aliphatic rings. The minimum atomic E-state index is 0.0959. The van der Waals surface area contributed by atoms with Crippen molar-refractivity contribution in [2.75, 3.05) is 18.5 Å². The molecule has 26 heavy (non-hydrogen) atoms. The number of hydrogen-bond donors (Lipinski definition) is 2. The summed E-state index contributed by atoms with van der Waals surface area (Å²) in [6.07, 6.45) is 4.29. The third kappa shape index (κ3) is 3.60. The topological polar surface area (TPSA) is 76.4 Å². The van der Waals surface area contributed by atoms with E-state index >= 15 is 0 Å². The maximum atomic E-state index is 12.1. The molecular formula is C20H25N3O3. The van der Waals surface area contributed by atoms with E-state index in [0.29, 0.717) is 12.6 Å². The third-order valence-electron chi connectivity index (χ3n) is 5.10. The second kappa shape index (κ2) is 7.11. The number of hydrogen-bond acceptors (Lipinski definition) is 5. The highest BCUT2D eigenvalue weighted by atomic mass is 16.5. The number of aryl methyl sites for hydroxylation is 2. The van der Waals surface area contributed by atoms with Crippen LogP contribution in [0, 0.1) is 19.8 Å². The molecule has 6 heteroatoms. The SMILES string of the molecule is Cc1noc(C)c1-c1cc(NC(=O)C2CC2)ccc1OC[C@H]1CCCN1. The number of rotatable bonds is 6. The van der Waals surface area contributed by atoms with Gasteiger partial charge in [-0.1, -0.05) is 5.16 Å². The van der Waals surface area contributed by atoms with Gasteiger partial charge in [0.1, 0.15) is 18.1 Å². The summed E-state index contributed by atoms with van der Waals surface area (Å²) < 4.78 is 11.5. The van der Waals surface area contributed by atoms with Gasteiger partial charge >= 0.3 is 0 Å². The second-order valence-corrected chi connectivity index (χ2v) is 7.28. The molecule has 1 aromatic heterocycles. The van der Waals surface area contributed by atoms with E-state index in [1.165, 1.54) is 6.42 Å². The van der Waals surface area contributed by atoms with Crippen molar-refractivity contribution in [1.29, 1.82) is 0 Å². The van der Waals surface area contributed by atoms with Crippen LogP contribution >= 0.6 is 0 Å². The minimum Gasteiger partial charge on any atom is -0.491 e. The highest BCUT2D eigenvalue weighted by molar-refractivity contribution is 5.95. The predicted molar refractivity (Wildman–Crippen MR) is 99.3 cm³/mol. The number of nitrogens with one attached hydrogen (secondary N) is 2. The van der Waals surface area contributed by atoms with Crippen LogP contribution in [0.3, 0.4) is 0 Å². The van der Waals surface area contributed by atoms with Gasteiger partial charge in [-0.2, -0.15) is 0 Å². The average Bonchev–Trinajstić information content (AvgIpc) is 3.26. The second-order valence-electron chi connectivity index (χ2n) is 7.28. The molecule has 2 N–H and O–H groups in total. The Labute approximate surface area is 153 Å². The first-order chi connectivity index (χ1) is 12.6. The molecule has 4 rings (SSSR count).